The third-order valence-corrected chi connectivity index (χ3v) is 7.26. The predicted molar refractivity (Wildman–Crippen MR) is 135 cm³/mol. The molecule has 31 heavy (non-hydrogen) atoms. The number of rotatable bonds is 6. The van der Waals surface area contributed by atoms with E-state index < -0.39 is 0 Å². The van der Waals surface area contributed by atoms with Crippen LogP contribution in [-0.2, 0) is 0 Å². The molecule has 0 saturated carbocycles. The minimum absolute atomic E-state index is 0.348. The van der Waals surface area contributed by atoms with Gasteiger partial charge in [0.15, 0.2) is 0 Å². The first-order valence-corrected chi connectivity index (χ1v) is 11.5. The van der Waals surface area contributed by atoms with Crippen LogP contribution in [0.1, 0.15) is 43.2 Å². The summed E-state index contributed by atoms with van der Waals surface area (Å²) in [6.45, 7) is 17.1. The van der Waals surface area contributed by atoms with E-state index in [1.807, 2.05) is 0 Å². The monoisotopic (exact) mass is 406 g/mol. The van der Waals surface area contributed by atoms with Gasteiger partial charge in [-0.25, -0.2) is 0 Å². The van der Waals surface area contributed by atoms with Gasteiger partial charge in [0, 0.05) is 17.8 Å². The highest BCUT2D eigenvalue weighted by Crippen LogP contribution is 2.55. The third-order valence-electron chi connectivity index (χ3n) is 7.26. The van der Waals surface area contributed by atoms with Crippen LogP contribution in [0.4, 0.5) is 0 Å². The zero-order valence-electron chi connectivity index (χ0n) is 19.0. The Balaban J connectivity index is 1.72. The van der Waals surface area contributed by atoms with E-state index in [-0.39, 0.29) is 0 Å². The molecule has 0 radical (unpaired) electrons. The molecule has 0 heteroatoms. The molecule has 158 valence electrons. The summed E-state index contributed by atoms with van der Waals surface area (Å²) in [7, 11) is 0. The Labute approximate surface area is 188 Å². The second-order valence-electron chi connectivity index (χ2n) is 9.07. The molecule has 0 bridgehead atoms. The van der Waals surface area contributed by atoms with Gasteiger partial charge in [0.05, 0.1) is 0 Å². The van der Waals surface area contributed by atoms with E-state index in [2.05, 4.69) is 106 Å². The minimum Gasteiger partial charge on any atom is -0.102 e. The van der Waals surface area contributed by atoms with Gasteiger partial charge in [0.2, 0.25) is 0 Å². The normalized spacial score (nSPS) is 26.5. The maximum atomic E-state index is 4.59. The van der Waals surface area contributed by atoms with Gasteiger partial charge in [-0.2, -0.15) is 0 Å². The maximum Gasteiger partial charge on any atom is 0.0187 e. The Bertz CT molecular complexity index is 1050. The summed E-state index contributed by atoms with van der Waals surface area (Å²) in [4.78, 5) is 0. The van der Waals surface area contributed by atoms with Crippen LogP contribution in [0.2, 0.25) is 0 Å². The number of hydrogen-bond acceptors (Lipinski definition) is 0. The number of aryl methyl sites for hydroxylation is 1. The molecule has 4 unspecified atom stereocenters. The predicted octanol–water partition coefficient (Wildman–Crippen LogP) is 8.35. The van der Waals surface area contributed by atoms with Crippen molar-refractivity contribution in [1.29, 1.82) is 0 Å². The van der Waals surface area contributed by atoms with E-state index in [0.29, 0.717) is 23.7 Å². The lowest BCUT2D eigenvalue weighted by Crippen LogP contribution is -2.19. The molecular weight excluding hydrogens is 372 g/mol. The zero-order valence-corrected chi connectivity index (χ0v) is 19.0. The summed E-state index contributed by atoms with van der Waals surface area (Å²) < 4.78 is 0. The maximum absolute atomic E-state index is 4.59. The van der Waals surface area contributed by atoms with Crippen molar-refractivity contribution >= 4 is 0 Å². The lowest BCUT2D eigenvalue weighted by molar-refractivity contribution is 0.414. The first-order valence-electron chi connectivity index (χ1n) is 11.5. The topological polar surface area (TPSA) is 0 Å². The van der Waals surface area contributed by atoms with Gasteiger partial charge in [0.1, 0.15) is 0 Å². The molecule has 0 heterocycles. The van der Waals surface area contributed by atoms with Crippen molar-refractivity contribution in [2.45, 2.75) is 39.0 Å². The molecule has 4 rings (SSSR count). The fourth-order valence-corrected chi connectivity index (χ4v) is 5.82. The summed E-state index contributed by atoms with van der Waals surface area (Å²) >= 11 is 0. The summed E-state index contributed by atoms with van der Waals surface area (Å²) in [6.07, 6.45) is 20.8. The Morgan fingerprint density at radius 1 is 1.19 bits per heavy atom. The molecule has 0 amide bonds. The van der Waals surface area contributed by atoms with Crippen LogP contribution in [0, 0.1) is 24.7 Å². The first kappa shape index (κ1) is 21.4. The van der Waals surface area contributed by atoms with Crippen molar-refractivity contribution in [1.82, 2.24) is 0 Å². The molecule has 0 fully saturated rings. The van der Waals surface area contributed by atoms with Crippen LogP contribution < -0.4 is 0 Å². The molecule has 0 aromatic heterocycles. The average Bonchev–Trinajstić information content (AvgIpc) is 3.08. The van der Waals surface area contributed by atoms with Crippen molar-refractivity contribution in [3.05, 3.63) is 132 Å². The SMILES string of the molecule is C=C/C(=C\C=C\C)C(c1cccc(C)c1)C1CCC2=C(C1)C(=C)C1C2=CC=CC1C=C. The zero-order chi connectivity index (χ0) is 22.0. The summed E-state index contributed by atoms with van der Waals surface area (Å²) in [6, 6.07) is 9.02. The van der Waals surface area contributed by atoms with Gasteiger partial charge in [-0.1, -0.05) is 91.6 Å². The first-order chi connectivity index (χ1) is 15.1. The highest BCUT2D eigenvalue weighted by molar-refractivity contribution is 5.61. The van der Waals surface area contributed by atoms with Gasteiger partial charge in [-0.15, -0.1) is 6.58 Å². The molecule has 3 aliphatic carbocycles. The summed E-state index contributed by atoms with van der Waals surface area (Å²) in [5.41, 5.74) is 9.90. The molecule has 0 N–H and O–H groups in total. The molecule has 0 aliphatic heterocycles. The van der Waals surface area contributed by atoms with Crippen molar-refractivity contribution in [3.63, 3.8) is 0 Å². The highest BCUT2D eigenvalue weighted by atomic mass is 14.4. The van der Waals surface area contributed by atoms with E-state index in [0.717, 1.165) is 12.8 Å². The largest absolute Gasteiger partial charge is 0.102 e. The second-order valence-corrected chi connectivity index (χ2v) is 9.07. The van der Waals surface area contributed by atoms with Crippen LogP contribution in [-0.4, -0.2) is 0 Å². The lowest BCUT2D eigenvalue weighted by atomic mass is 9.71. The molecule has 1 aromatic carbocycles. The van der Waals surface area contributed by atoms with Crippen molar-refractivity contribution in [2.75, 3.05) is 0 Å². The van der Waals surface area contributed by atoms with E-state index in [4.69, 9.17) is 0 Å². The van der Waals surface area contributed by atoms with Crippen LogP contribution in [0.25, 0.3) is 0 Å². The molecule has 4 atom stereocenters. The van der Waals surface area contributed by atoms with Crippen LogP contribution in [0.5, 0.6) is 0 Å². The minimum atomic E-state index is 0.348. The summed E-state index contributed by atoms with van der Waals surface area (Å²) in [5, 5.41) is 0. The number of benzene rings is 1. The third kappa shape index (κ3) is 3.92. The standard InChI is InChI=1S/C31H34/c1-6-9-13-24(8-3)31(25-15-10-12-21(4)19-25)26-17-18-27-28-16-11-14-23(7-2)30(28)22(5)29(27)20-26/h6-16,19,23,26,30-31H,2-3,5,17-18,20H2,1,4H3/b9-6+,24-13+. The second kappa shape index (κ2) is 9.10. The smallest absolute Gasteiger partial charge is 0.0187 e. The lowest BCUT2D eigenvalue weighted by Gasteiger charge is -2.33. The van der Waals surface area contributed by atoms with E-state index in [9.17, 15) is 0 Å². The van der Waals surface area contributed by atoms with Gasteiger partial charge >= 0.3 is 0 Å². The Morgan fingerprint density at radius 2 is 2.03 bits per heavy atom. The Morgan fingerprint density at radius 3 is 2.74 bits per heavy atom. The van der Waals surface area contributed by atoms with Gasteiger partial charge in [0.25, 0.3) is 0 Å². The molecule has 0 nitrogen and oxygen atoms in total. The van der Waals surface area contributed by atoms with E-state index in [1.54, 1.807) is 5.57 Å². The Hall–Kier alpha value is -2.86. The molecular formula is C31H34. The number of hydrogen-bond donors (Lipinski definition) is 0. The number of fused-ring (bicyclic) bond motifs is 2. The van der Waals surface area contributed by atoms with Crippen molar-refractivity contribution < 1.29 is 0 Å². The quantitative estimate of drug-likeness (QED) is 0.329. The van der Waals surface area contributed by atoms with Gasteiger partial charge in [-0.05, 0) is 72.5 Å². The highest BCUT2D eigenvalue weighted by Gasteiger charge is 2.41. The van der Waals surface area contributed by atoms with E-state index in [1.165, 1.54) is 39.8 Å². The summed E-state index contributed by atoms with van der Waals surface area (Å²) in [5.74, 6) is 1.65. The van der Waals surface area contributed by atoms with Crippen molar-refractivity contribution in [2.24, 2.45) is 17.8 Å². The van der Waals surface area contributed by atoms with Crippen LogP contribution >= 0.6 is 0 Å². The molecule has 3 aliphatic rings. The van der Waals surface area contributed by atoms with Crippen LogP contribution in [0.3, 0.4) is 0 Å². The van der Waals surface area contributed by atoms with Gasteiger partial charge in [-0.3, -0.25) is 0 Å². The van der Waals surface area contributed by atoms with Gasteiger partial charge < -0.3 is 0 Å². The van der Waals surface area contributed by atoms with E-state index >= 15 is 0 Å². The molecule has 0 saturated heterocycles. The molecule has 0 spiro atoms. The molecule has 1 aromatic rings. The average molecular weight is 407 g/mol. The Kier molecular flexibility index (Phi) is 6.28. The van der Waals surface area contributed by atoms with Crippen LogP contribution in [0.15, 0.2) is 120 Å². The fourth-order valence-electron chi connectivity index (χ4n) is 5.82. The van der Waals surface area contributed by atoms with Crippen molar-refractivity contribution in [3.8, 4) is 0 Å². The number of allylic oxidation sites excluding steroid dienone is 13. The fraction of sp³-hybridized carbons (Fsp3) is 0.290.